The lowest BCUT2D eigenvalue weighted by Crippen LogP contribution is -2.20. The molecular weight excluding hydrogens is 236 g/mol. The van der Waals surface area contributed by atoms with E-state index in [1.54, 1.807) is 4.52 Å². The van der Waals surface area contributed by atoms with Crippen LogP contribution >= 0.6 is 11.6 Å². The van der Waals surface area contributed by atoms with Gasteiger partial charge in [-0.2, -0.15) is 4.98 Å². The summed E-state index contributed by atoms with van der Waals surface area (Å²) in [6.45, 7) is 6.57. The number of fused-ring (bicyclic) bond motifs is 1. The van der Waals surface area contributed by atoms with E-state index < -0.39 is 0 Å². The zero-order chi connectivity index (χ0) is 12.6. The van der Waals surface area contributed by atoms with Crippen LogP contribution in [0.1, 0.15) is 39.3 Å². The van der Waals surface area contributed by atoms with Crippen molar-refractivity contribution in [2.24, 2.45) is 0 Å². The third-order valence-corrected chi connectivity index (χ3v) is 3.24. The first-order chi connectivity index (χ1) is 7.95. The van der Waals surface area contributed by atoms with Crippen LogP contribution in [-0.4, -0.2) is 14.6 Å². The van der Waals surface area contributed by atoms with Crippen molar-refractivity contribution in [3.63, 3.8) is 0 Å². The topological polar surface area (TPSA) is 56.2 Å². The molecule has 0 atom stereocenters. The molecule has 0 unspecified atom stereocenters. The fraction of sp³-hybridized carbons (Fsp3) is 0.500. The Bertz CT molecular complexity index is 545. The van der Waals surface area contributed by atoms with Crippen molar-refractivity contribution in [3.8, 4) is 0 Å². The van der Waals surface area contributed by atoms with Gasteiger partial charge in [-0.05, 0) is 30.2 Å². The highest BCUT2D eigenvalue weighted by Gasteiger charge is 2.24. The summed E-state index contributed by atoms with van der Waals surface area (Å²) in [5.74, 6) is 0.420. The summed E-state index contributed by atoms with van der Waals surface area (Å²) in [5.41, 5.74) is 7.81. The zero-order valence-electron chi connectivity index (χ0n) is 10.4. The molecule has 0 spiro atoms. The summed E-state index contributed by atoms with van der Waals surface area (Å²) in [4.78, 5) is 3.95. The van der Waals surface area contributed by atoms with Crippen molar-refractivity contribution >= 4 is 22.9 Å². The van der Waals surface area contributed by atoms with E-state index in [0.717, 1.165) is 24.1 Å². The second-order valence-corrected chi connectivity index (χ2v) is 5.25. The lowest BCUT2D eigenvalue weighted by molar-refractivity contribution is 0.450. The fourth-order valence-corrected chi connectivity index (χ4v) is 2.42. The van der Waals surface area contributed by atoms with Gasteiger partial charge in [-0.15, -0.1) is 5.10 Å². The number of nitrogens with zero attached hydrogens (tertiary/aromatic N) is 3. The number of anilines is 1. The minimum absolute atomic E-state index is 0.0469. The molecule has 0 aliphatic rings. The first-order valence-corrected chi connectivity index (χ1v) is 6.14. The molecule has 0 aliphatic carbocycles. The minimum Gasteiger partial charge on any atom is -0.382 e. The molecule has 0 saturated carbocycles. The van der Waals surface area contributed by atoms with Crippen LogP contribution in [0.2, 0.25) is 5.28 Å². The first kappa shape index (κ1) is 12.2. The molecule has 2 N–H and O–H groups in total. The third kappa shape index (κ3) is 2.09. The van der Waals surface area contributed by atoms with Crippen molar-refractivity contribution in [2.75, 3.05) is 5.73 Å². The predicted octanol–water partition coefficient (Wildman–Crippen LogP) is 3.04. The van der Waals surface area contributed by atoms with Crippen molar-refractivity contribution in [3.05, 3.63) is 23.1 Å². The van der Waals surface area contributed by atoms with E-state index in [9.17, 15) is 0 Å². The first-order valence-electron chi connectivity index (χ1n) is 5.77. The van der Waals surface area contributed by atoms with Gasteiger partial charge in [0.1, 0.15) is 5.52 Å². The number of hydrogen-bond donors (Lipinski definition) is 1. The molecule has 0 saturated heterocycles. The maximum Gasteiger partial charge on any atom is 0.243 e. The van der Waals surface area contributed by atoms with Crippen LogP contribution in [0, 0.1) is 0 Å². The van der Waals surface area contributed by atoms with Crippen LogP contribution in [0.4, 0.5) is 5.82 Å². The molecule has 0 fully saturated rings. The Morgan fingerprint density at radius 2 is 2.12 bits per heavy atom. The summed E-state index contributed by atoms with van der Waals surface area (Å²) in [5, 5.41) is 4.42. The van der Waals surface area contributed by atoms with E-state index in [1.165, 1.54) is 0 Å². The van der Waals surface area contributed by atoms with Crippen molar-refractivity contribution in [1.29, 1.82) is 0 Å². The molecule has 0 bridgehead atoms. The predicted molar refractivity (Wildman–Crippen MR) is 70.3 cm³/mol. The highest BCUT2D eigenvalue weighted by atomic mass is 35.5. The Morgan fingerprint density at radius 1 is 1.41 bits per heavy atom. The minimum atomic E-state index is 0.0469. The largest absolute Gasteiger partial charge is 0.382 e. The Labute approximate surface area is 106 Å². The molecule has 2 heterocycles. The molecule has 5 heteroatoms. The molecule has 17 heavy (non-hydrogen) atoms. The lowest BCUT2D eigenvalue weighted by atomic mass is 9.85. The highest BCUT2D eigenvalue weighted by Crippen LogP contribution is 2.30. The maximum absolute atomic E-state index is 5.86. The maximum atomic E-state index is 5.86. The molecule has 2 aromatic rings. The smallest absolute Gasteiger partial charge is 0.243 e. The van der Waals surface area contributed by atoms with Crippen LogP contribution in [0.3, 0.4) is 0 Å². The average Bonchev–Trinajstić information content (AvgIpc) is 2.61. The van der Waals surface area contributed by atoms with Crippen molar-refractivity contribution in [1.82, 2.24) is 14.6 Å². The average molecular weight is 253 g/mol. The molecule has 92 valence electrons. The summed E-state index contributed by atoms with van der Waals surface area (Å²) in [7, 11) is 0. The van der Waals surface area contributed by atoms with Crippen molar-refractivity contribution < 1.29 is 0 Å². The molecule has 2 rings (SSSR count). The van der Waals surface area contributed by atoms with E-state index >= 15 is 0 Å². The Hall–Kier alpha value is -1.29. The lowest BCUT2D eigenvalue weighted by Gasteiger charge is -2.23. The van der Waals surface area contributed by atoms with Gasteiger partial charge < -0.3 is 5.73 Å². The van der Waals surface area contributed by atoms with Gasteiger partial charge in [0, 0.05) is 11.1 Å². The highest BCUT2D eigenvalue weighted by molar-refractivity contribution is 6.28. The monoisotopic (exact) mass is 252 g/mol. The van der Waals surface area contributed by atoms with E-state index in [0.29, 0.717) is 5.82 Å². The normalized spacial score (nSPS) is 12.2. The Balaban J connectivity index is 2.63. The molecule has 2 aromatic heterocycles. The van der Waals surface area contributed by atoms with Crippen LogP contribution in [0.25, 0.3) is 5.52 Å². The molecule has 0 radical (unpaired) electrons. The van der Waals surface area contributed by atoms with Crippen LogP contribution in [0.5, 0.6) is 0 Å². The molecule has 0 aromatic carbocycles. The van der Waals surface area contributed by atoms with Crippen LogP contribution in [-0.2, 0) is 5.41 Å². The summed E-state index contributed by atoms with van der Waals surface area (Å²) in [6.07, 6.45) is 2.20. The van der Waals surface area contributed by atoms with Crippen LogP contribution in [0.15, 0.2) is 12.1 Å². The second kappa shape index (κ2) is 4.18. The number of aromatic nitrogens is 3. The van der Waals surface area contributed by atoms with Crippen LogP contribution < -0.4 is 5.73 Å². The SMILES string of the molecule is CCCC(C)(C)c1ccc2c(N)nc(Cl)nn12. The number of nitrogen functional groups attached to an aromatic ring is 1. The molecular formula is C12H17ClN4. The zero-order valence-corrected chi connectivity index (χ0v) is 11.1. The van der Waals surface area contributed by atoms with Gasteiger partial charge in [-0.25, -0.2) is 4.52 Å². The van der Waals surface area contributed by atoms with E-state index in [-0.39, 0.29) is 10.7 Å². The van der Waals surface area contributed by atoms with Gasteiger partial charge in [-0.3, -0.25) is 0 Å². The second-order valence-electron chi connectivity index (χ2n) is 4.92. The number of halogens is 1. The van der Waals surface area contributed by atoms with Crippen molar-refractivity contribution in [2.45, 2.75) is 39.0 Å². The van der Waals surface area contributed by atoms with E-state index in [2.05, 4.69) is 30.9 Å². The van der Waals surface area contributed by atoms with Gasteiger partial charge in [0.2, 0.25) is 5.28 Å². The quantitative estimate of drug-likeness (QED) is 0.914. The Morgan fingerprint density at radius 3 is 2.76 bits per heavy atom. The van der Waals surface area contributed by atoms with E-state index in [1.807, 2.05) is 12.1 Å². The van der Waals surface area contributed by atoms with Gasteiger partial charge in [0.15, 0.2) is 5.82 Å². The Kier molecular flexibility index (Phi) is 3.00. The summed E-state index contributed by atoms with van der Waals surface area (Å²) < 4.78 is 1.81. The fourth-order valence-electron chi connectivity index (χ4n) is 2.26. The summed E-state index contributed by atoms with van der Waals surface area (Å²) >= 11 is 5.86. The number of rotatable bonds is 3. The van der Waals surface area contributed by atoms with Gasteiger partial charge in [0.25, 0.3) is 0 Å². The number of nitrogens with two attached hydrogens (primary N) is 1. The van der Waals surface area contributed by atoms with Gasteiger partial charge in [-0.1, -0.05) is 27.2 Å². The summed E-state index contributed by atoms with van der Waals surface area (Å²) in [6, 6.07) is 3.99. The standard InChI is InChI=1S/C12H17ClN4/c1-4-7-12(2,3)9-6-5-8-10(14)15-11(13)16-17(8)9/h5-6H,4,7H2,1-3H3,(H2,14,15,16). The molecule has 4 nitrogen and oxygen atoms in total. The van der Waals surface area contributed by atoms with Gasteiger partial charge >= 0.3 is 0 Å². The number of hydrogen-bond acceptors (Lipinski definition) is 3. The van der Waals surface area contributed by atoms with E-state index in [4.69, 9.17) is 17.3 Å². The third-order valence-electron chi connectivity index (χ3n) is 3.08. The molecule has 0 aliphatic heterocycles. The van der Waals surface area contributed by atoms with Gasteiger partial charge in [0.05, 0.1) is 0 Å². The molecule has 0 amide bonds.